The summed E-state index contributed by atoms with van der Waals surface area (Å²) in [5.74, 6) is -0.946. The number of rotatable bonds is 22. The van der Waals surface area contributed by atoms with Gasteiger partial charge in [-0.25, -0.2) is 0 Å². The Bertz CT molecular complexity index is 1730. The zero-order chi connectivity index (χ0) is 44.1. The normalized spacial score (nSPS) is 22.6. The van der Waals surface area contributed by atoms with Gasteiger partial charge < -0.3 is 32.9 Å². The van der Waals surface area contributed by atoms with E-state index in [9.17, 15) is 5.11 Å². The van der Waals surface area contributed by atoms with Crippen molar-refractivity contribution in [1.82, 2.24) is 0 Å². The maximum atomic E-state index is 15.5. The number of Topliss-reactive ketones (excluding diaryl/α,β-unsaturated/α-hetero) is 1. The number of ether oxygens (including phenoxy) is 4. The molecule has 0 amide bonds. The molecule has 10 heteroatoms. The van der Waals surface area contributed by atoms with Crippen molar-refractivity contribution in [3.05, 3.63) is 114 Å². The Hall–Kier alpha value is -2.94. The second-order valence-corrected chi connectivity index (χ2v) is 28.3. The van der Waals surface area contributed by atoms with E-state index in [0.29, 0.717) is 13.0 Å². The highest BCUT2D eigenvalue weighted by Gasteiger charge is 2.58. The summed E-state index contributed by atoms with van der Waals surface area (Å²) in [6, 6.07) is 31.1. The second-order valence-electron chi connectivity index (χ2n) is 18.7. The minimum absolute atomic E-state index is 0.176. The van der Waals surface area contributed by atoms with E-state index >= 15 is 4.79 Å². The van der Waals surface area contributed by atoms with Crippen LogP contribution in [0.1, 0.15) is 84.9 Å². The number of aliphatic hydroxyl groups excluding tert-OH is 1. The second kappa shape index (κ2) is 22.4. The number of hydrogen-bond donors (Lipinski definition) is 1. The fraction of sp³-hybridized carbons (Fsp3) is 0.580. The topological polar surface area (TPSA) is 92.7 Å². The zero-order valence-corrected chi connectivity index (χ0v) is 40.6. The van der Waals surface area contributed by atoms with E-state index in [2.05, 4.69) is 68.5 Å². The molecule has 0 aliphatic heterocycles. The van der Waals surface area contributed by atoms with Crippen molar-refractivity contribution in [2.75, 3.05) is 20.3 Å². The average Bonchev–Trinajstić information content (AvgIpc) is 3.24. The molecular formula is C50H76O8Si2. The maximum absolute atomic E-state index is 15.5. The van der Waals surface area contributed by atoms with Gasteiger partial charge in [0.2, 0.25) is 0 Å². The Balaban J connectivity index is 1.90. The molecule has 8 nitrogen and oxygen atoms in total. The van der Waals surface area contributed by atoms with Crippen LogP contribution in [-0.2, 0) is 47.7 Å². The third-order valence-corrected chi connectivity index (χ3v) is 22.6. The number of benzene rings is 3. The lowest BCUT2D eigenvalue weighted by atomic mass is 9.64. The smallest absolute Gasteiger partial charge is 0.192 e. The highest BCUT2D eigenvalue weighted by atomic mass is 28.4. The number of methoxy groups -OCH3 is 1. The van der Waals surface area contributed by atoms with E-state index < -0.39 is 64.9 Å². The van der Waals surface area contributed by atoms with Gasteiger partial charge in [0.25, 0.3) is 0 Å². The number of carbonyl (C=O) groups is 1. The first-order valence-electron chi connectivity index (χ1n) is 22.2. The molecule has 0 heterocycles. The molecule has 60 heavy (non-hydrogen) atoms. The van der Waals surface area contributed by atoms with Crippen LogP contribution in [0.4, 0.5) is 0 Å². The molecule has 4 rings (SSSR count). The first-order valence-corrected chi connectivity index (χ1v) is 27.6. The van der Waals surface area contributed by atoms with Crippen molar-refractivity contribution in [2.24, 2.45) is 17.3 Å². The van der Waals surface area contributed by atoms with Crippen molar-refractivity contribution in [2.45, 2.75) is 149 Å². The number of hydrogen-bond acceptors (Lipinski definition) is 8. The fourth-order valence-electron chi connectivity index (χ4n) is 8.27. The Kier molecular flexibility index (Phi) is 18.6. The average molecular weight is 861 g/mol. The molecule has 1 aliphatic carbocycles. The summed E-state index contributed by atoms with van der Waals surface area (Å²) in [5, 5.41) is 11.3. The molecular weight excluding hydrogens is 785 g/mol. The van der Waals surface area contributed by atoms with Crippen LogP contribution < -0.4 is 4.74 Å². The number of aliphatic hydroxyl groups is 1. The van der Waals surface area contributed by atoms with Gasteiger partial charge in [0.1, 0.15) is 11.9 Å². The summed E-state index contributed by atoms with van der Waals surface area (Å²) < 4.78 is 40.8. The van der Waals surface area contributed by atoms with E-state index in [1.54, 1.807) is 7.11 Å². The summed E-state index contributed by atoms with van der Waals surface area (Å²) in [6.07, 6.45) is -1.74. The summed E-state index contributed by atoms with van der Waals surface area (Å²) in [5.41, 5.74) is 2.87. The lowest BCUT2D eigenvalue weighted by Gasteiger charge is -2.54. The van der Waals surface area contributed by atoms with Crippen LogP contribution in [0.2, 0.25) is 36.3 Å². The van der Waals surface area contributed by atoms with Crippen LogP contribution in [0.3, 0.4) is 0 Å². The molecule has 0 unspecified atom stereocenters. The van der Waals surface area contributed by atoms with E-state index in [1.165, 1.54) is 0 Å². The first-order chi connectivity index (χ1) is 28.5. The van der Waals surface area contributed by atoms with Crippen LogP contribution in [-0.4, -0.2) is 72.3 Å². The summed E-state index contributed by atoms with van der Waals surface area (Å²) in [4.78, 5) is 15.5. The molecule has 0 spiro atoms. The molecule has 0 saturated heterocycles. The van der Waals surface area contributed by atoms with Crippen molar-refractivity contribution in [1.29, 1.82) is 0 Å². The molecule has 0 radical (unpaired) electrons. The number of carbonyl (C=O) groups excluding carboxylic acids is 1. The van der Waals surface area contributed by atoms with Crippen LogP contribution >= 0.6 is 0 Å². The molecule has 1 aliphatic rings. The Labute approximate surface area is 364 Å². The molecule has 332 valence electrons. The highest BCUT2D eigenvalue weighted by Crippen LogP contribution is 2.48. The van der Waals surface area contributed by atoms with Gasteiger partial charge in [-0.15, -0.1) is 0 Å². The zero-order valence-electron chi connectivity index (χ0n) is 38.6. The Morgan fingerprint density at radius 3 is 1.78 bits per heavy atom. The van der Waals surface area contributed by atoms with E-state index in [4.69, 9.17) is 34.4 Å². The highest BCUT2D eigenvalue weighted by molar-refractivity contribution is 6.74. The van der Waals surface area contributed by atoms with Gasteiger partial charge in [0.15, 0.2) is 22.4 Å². The predicted octanol–water partition coefficient (Wildman–Crippen LogP) is 11.3. The van der Waals surface area contributed by atoms with Gasteiger partial charge in [-0.05, 0) is 77.9 Å². The van der Waals surface area contributed by atoms with E-state index in [1.807, 2.05) is 84.9 Å². The van der Waals surface area contributed by atoms with Crippen LogP contribution in [0.5, 0.6) is 5.75 Å². The van der Waals surface area contributed by atoms with Gasteiger partial charge >= 0.3 is 0 Å². The van der Waals surface area contributed by atoms with Gasteiger partial charge in [0, 0.05) is 17.9 Å². The number of ketones is 1. The van der Waals surface area contributed by atoms with Gasteiger partial charge in [-0.2, -0.15) is 0 Å². The molecule has 6 atom stereocenters. The molecule has 3 aromatic rings. The van der Waals surface area contributed by atoms with Gasteiger partial charge in [-0.1, -0.05) is 140 Å². The quantitative estimate of drug-likeness (QED) is 0.0607. The molecule has 1 saturated carbocycles. The van der Waals surface area contributed by atoms with Crippen molar-refractivity contribution in [3.8, 4) is 5.75 Å². The SMILES string of the molecule is C=C(CCCO[Si](CC)(CC)CC)[C@H]1[C@H](OCc2ccccc2)[C@H](OCc2ccc(OC)cc2)C(C)(C)[C@@H](O[Si](C)(C)C(C)(C)C)[C@@H](OCc2ccccc2)C(=O)[C@H]1CO. The first kappa shape index (κ1) is 49.7. The van der Waals surface area contributed by atoms with Gasteiger partial charge in [0.05, 0.1) is 57.8 Å². The lowest BCUT2D eigenvalue weighted by molar-refractivity contribution is -0.209. The lowest BCUT2D eigenvalue weighted by Crippen LogP contribution is -2.65. The summed E-state index contributed by atoms with van der Waals surface area (Å²) >= 11 is 0. The molecule has 1 N–H and O–H groups in total. The minimum Gasteiger partial charge on any atom is -0.497 e. The molecule has 3 aromatic carbocycles. The summed E-state index contributed by atoms with van der Waals surface area (Å²) in [7, 11) is -2.72. The monoisotopic (exact) mass is 861 g/mol. The standard InChI is InChI=1S/C50H76O8Si2/c1-13-60(14-2,15-3)57-32-22-23-37(4)43-42(33-51)44(52)46(55-35-39-26-20-17-21-27-39)48(58-59(11,12)49(5,6)7)50(8,9)47(45(43)54-34-38-24-18-16-19-25-38)56-36-40-28-30-41(53-10)31-29-40/h16-21,24-31,42-43,45-48,51H,4,13-15,22-23,32-36H2,1-3,5-12H3/t42-,43+,45-,46-,47-,48-/m0/s1. The largest absolute Gasteiger partial charge is 0.497 e. The molecule has 0 bridgehead atoms. The minimum atomic E-state index is -2.57. The van der Waals surface area contributed by atoms with E-state index in [-0.39, 0.29) is 30.6 Å². The third kappa shape index (κ3) is 12.6. The predicted molar refractivity (Wildman–Crippen MR) is 248 cm³/mol. The van der Waals surface area contributed by atoms with Crippen LogP contribution in [0, 0.1) is 17.3 Å². The maximum Gasteiger partial charge on any atom is 0.192 e. The van der Waals surface area contributed by atoms with Crippen molar-refractivity contribution in [3.63, 3.8) is 0 Å². The molecule has 0 aromatic heterocycles. The van der Waals surface area contributed by atoms with Crippen LogP contribution in [0.15, 0.2) is 97.1 Å². The van der Waals surface area contributed by atoms with E-state index in [0.717, 1.165) is 52.6 Å². The molecule has 1 fully saturated rings. The summed E-state index contributed by atoms with van der Waals surface area (Å²) in [6.45, 7) is 27.7. The Morgan fingerprint density at radius 1 is 0.767 bits per heavy atom. The fourth-order valence-corrected chi connectivity index (χ4v) is 12.4. The van der Waals surface area contributed by atoms with Crippen molar-refractivity contribution < 1.29 is 37.7 Å². The third-order valence-electron chi connectivity index (χ3n) is 13.5. The Morgan fingerprint density at radius 2 is 1.28 bits per heavy atom. The van der Waals surface area contributed by atoms with Crippen molar-refractivity contribution >= 4 is 22.4 Å². The van der Waals surface area contributed by atoms with Crippen LogP contribution in [0.25, 0.3) is 0 Å². The van der Waals surface area contributed by atoms with Gasteiger partial charge in [-0.3, -0.25) is 4.79 Å².